The minimum atomic E-state index is 1.11. The standard InChI is InChI=1S/C28H50/c1(3-5-7-11-23-17-19-25-13-9-15-27(25)21-23)2-4-6-8-12-24-18-20-26-14-10-16-28(26)22-24/h23-28H,1-22H2/t23-,24+,25-,26-,27-,28+/m0/s1. The minimum Gasteiger partial charge on any atom is -0.0533 e. The molecule has 28 heavy (non-hydrogen) atoms. The van der Waals surface area contributed by atoms with Crippen molar-refractivity contribution in [1.82, 2.24) is 0 Å². The summed E-state index contributed by atoms with van der Waals surface area (Å²) in [5.41, 5.74) is 0. The molecule has 4 rings (SSSR count). The molecule has 4 aliphatic rings. The van der Waals surface area contributed by atoms with E-state index in [2.05, 4.69) is 0 Å². The largest absolute Gasteiger partial charge is 0.0533 e. The third-order valence-electron chi connectivity index (χ3n) is 9.77. The number of unbranched alkanes of at least 4 members (excludes halogenated alkanes) is 7. The van der Waals surface area contributed by atoms with Gasteiger partial charge in [0.1, 0.15) is 0 Å². The molecule has 0 radical (unpaired) electrons. The van der Waals surface area contributed by atoms with E-state index in [1.807, 2.05) is 0 Å². The molecule has 0 amide bonds. The van der Waals surface area contributed by atoms with Crippen LogP contribution in [0.2, 0.25) is 0 Å². The van der Waals surface area contributed by atoms with Gasteiger partial charge in [0.25, 0.3) is 0 Å². The van der Waals surface area contributed by atoms with E-state index >= 15 is 0 Å². The lowest BCUT2D eigenvalue weighted by Crippen LogP contribution is -2.20. The van der Waals surface area contributed by atoms with Crippen molar-refractivity contribution in [2.75, 3.05) is 0 Å². The van der Waals surface area contributed by atoms with Crippen LogP contribution in [-0.2, 0) is 0 Å². The molecule has 0 nitrogen and oxygen atoms in total. The molecule has 0 saturated heterocycles. The van der Waals surface area contributed by atoms with Crippen LogP contribution in [0.4, 0.5) is 0 Å². The van der Waals surface area contributed by atoms with Gasteiger partial charge in [-0.2, -0.15) is 0 Å². The fourth-order valence-corrected chi connectivity index (χ4v) is 8.05. The van der Waals surface area contributed by atoms with Crippen LogP contribution in [0.1, 0.15) is 141 Å². The van der Waals surface area contributed by atoms with E-state index in [1.165, 1.54) is 51.4 Å². The van der Waals surface area contributed by atoms with Gasteiger partial charge in [0.2, 0.25) is 0 Å². The molecule has 4 fully saturated rings. The maximum absolute atomic E-state index is 1.60. The van der Waals surface area contributed by atoms with Gasteiger partial charge in [0, 0.05) is 0 Å². The minimum absolute atomic E-state index is 1.11. The van der Waals surface area contributed by atoms with Crippen LogP contribution in [0.5, 0.6) is 0 Å². The lowest BCUT2D eigenvalue weighted by Gasteiger charge is -2.32. The van der Waals surface area contributed by atoms with Crippen LogP contribution >= 0.6 is 0 Å². The third-order valence-corrected chi connectivity index (χ3v) is 9.77. The van der Waals surface area contributed by atoms with E-state index in [0.29, 0.717) is 0 Å². The summed E-state index contributed by atoms with van der Waals surface area (Å²) >= 11 is 0. The smallest absolute Gasteiger partial charge is 0.0383 e. The van der Waals surface area contributed by atoms with Gasteiger partial charge in [-0.05, 0) is 61.2 Å². The molecule has 0 aromatic heterocycles. The van der Waals surface area contributed by atoms with E-state index < -0.39 is 0 Å². The molecule has 0 heterocycles. The lowest BCUT2D eigenvalue weighted by atomic mass is 9.74. The Labute approximate surface area is 177 Å². The molecule has 0 unspecified atom stereocenters. The van der Waals surface area contributed by atoms with Gasteiger partial charge in [-0.25, -0.2) is 0 Å². The van der Waals surface area contributed by atoms with Crippen LogP contribution in [-0.4, -0.2) is 0 Å². The second kappa shape index (κ2) is 11.4. The SMILES string of the molecule is C(CCCCC[C@H]1CC[C@@H]2CCC[C@H]2C1)CCCC[C@@H]1CC[C@@H]2CCC[C@@H]2C1. The Kier molecular flexibility index (Phi) is 8.65. The quantitative estimate of drug-likeness (QED) is 0.310. The van der Waals surface area contributed by atoms with Crippen molar-refractivity contribution in [3.05, 3.63) is 0 Å². The summed E-state index contributed by atoms with van der Waals surface area (Å²) < 4.78 is 0. The Balaban J connectivity index is 0.928. The molecule has 4 saturated carbocycles. The summed E-state index contributed by atoms with van der Waals surface area (Å²) in [5, 5.41) is 0. The molecule has 0 spiro atoms. The van der Waals surface area contributed by atoms with Crippen LogP contribution in [0.15, 0.2) is 0 Å². The number of fused-ring (bicyclic) bond motifs is 2. The Bertz CT molecular complexity index is 386. The first kappa shape index (κ1) is 21.2. The summed E-state index contributed by atoms with van der Waals surface area (Å²) in [6.07, 6.45) is 34.2. The molecule has 4 aliphatic carbocycles. The highest BCUT2D eigenvalue weighted by Gasteiger charge is 2.34. The Morgan fingerprint density at radius 1 is 0.357 bits per heavy atom. The average Bonchev–Trinajstić information content (AvgIpc) is 3.37. The molecule has 0 aromatic carbocycles. The van der Waals surface area contributed by atoms with Crippen molar-refractivity contribution in [2.24, 2.45) is 35.5 Å². The first-order chi connectivity index (χ1) is 13.9. The van der Waals surface area contributed by atoms with E-state index in [1.54, 1.807) is 89.9 Å². The maximum Gasteiger partial charge on any atom is -0.0383 e. The zero-order valence-corrected chi connectivity index (χ0v) is 19.0. The van der Waals surface area contributed by atoms with Crippen molar-refractivity contribution < 1.29 is 0 Å². The first-order valence-electron chi connectivity index (χ1n) is 13.9. The van der Waals surface area contributed by atoms with Gasteiger partial charge < -0.3 is 0 Å². The van der Waals surface area contributed by atoms with Crippen LogP contribution < -0.4 is 0 Å². The van der Waals surface area contributed by atoms with Crippen LogP contribution in [0, 0.1) is 35.5 Å². The summed E-state index contributed by atoms with van der Waals surface area (Å²) in [6.45, 7) is 0. The second-order valence-electron chi connectivity index (χ2n) is 11.7. The normalized spacial score (nSPS) is 37.7. The van der Waals surface area contributed by atoms with E-state index in [4.69, 9.17) is 0 Å². The number of hydrogen-bond donors (Lipinski definition) is 0. The predicted octanol–water partition coefficient (Wildman–Crippen LogP) is 9.32. The molecule has 6 atom stereocenters. The number of hydrogen-bond acceptors (Lipinski definition) is 0. The topological polar surface area (TPSA) is 0 Å². The lowest BCUT2D eigenvalue weighted by molar-refractivity contribution is 0.197. The Morgan fingerprint density at radius 3 is 1.21 bits per heavy atom. The highest BCUT2D eigenvalue weighted by atomic mass is 14.4. The van der Waals surface area contributed by atoms with E-state index in [-0.39, 0.29) is 0 Å². The molecule has 0 heteroatoms. The zero-order valence-electron chi connectivity index (χ0n) is 19.0. The van der Waals surface area contributed by atoms with Crippen LogP contribution in [0.3, 0.4) is 0 Å². The highest BCUT2D eigenvalue weighted by molar-refractivity contribution is 4.85. The predicted molar refractivity (Wildman–Crippen MR) is 123 cm³/mol. The fraction of sp³-hybridized carbons (Fsp3) is 1.00. The van der Waals surface area contributed by atoms with E-state index in [9.17, 15) is 0 Å². The highest BCUT2D eigenvalue weighted by Crippen LogP contribution is 2.46. The Morgan fingerprint density at radius 2 is 0.750 bits per heavy atom. The summed E-state index contributed by atoms with van der Waals surface area (Å²) in [6, 6.07) is 0. The van der Waals surface area contributed by atoms with Gasteiger partial charge in [0.15, 0.2) is 0 Å². The van der Waals surface area contributed by atoms with Crippen molar-refractivity contribution in [2.45, 2.75) is 141 Å². The van der Waals surface area contributed by atoms with Gasteiger partial charge in [-0.3, -0.25) is 0 Å². The van der Waals surface area contributed by atoms with Crippen molar-refractivity contribution in [3.8, 4) is 0 Å². The van der Waals surface area contributed by atoms with Gasteiger partial charge in [-0.1, -0.05) is 116 Å². The van der Waals surface area contributed by atoms with Crippen molar-refractivity contribution in [3.63, 3.8) is 0 Å². The first-order valence-corrected chi connectivity index (χ1v) is 13.9. The van der Waals surface area contributed by atoms with Crippen molar-refractivity contribution in [1.29, 1.82) is 0 Å². The van der Waals surface area contributed by atoms with Gasteiger partial charge in [0.05, 0.1) is 0 Å². The molecule has 0 N–H and O–H groups in total. The molecule has 0 aliphatic heterocycles. The van der Waals surface area contributed by atoms with Gasteiger partial charge in [-0.15, -0.1) is 0 Å². The van der Waals surface area contributed by atoms with Crippen LogP contribution in [0.25, 0.3) is 0 Å². The second-order valence-corrected chi connectivity index (χ2v) is 11.7. The molecule has 162 valence electrons. The summed E-state index contributed by atoms with van der Waals surface area (Å²) in [5.74, 6) is 6.80. The summed E-state index contributed by atoms with van der Waals surface area (Å²) in [4.78, 5) is 0. The van der Waals surface area contributed by atoms with Crippen molar-refractivity contribution >= 4 is 0 Å². The zero-order chi connectivity index (χ0) is 19.0. The monoisotopic (exact) mass is 386 g/mol. The molecule has 0 aromatic rings. The average molecular weight is 387 g/mol. The maximum atomic E-state index is 1.60. The summed E-state index contributed by atoms with van der Waals surface area (Å²) in [7, 11) is 0. The van der Waals surface area contributed by atoms with E-state index in [0.717, 1.165) is 35.5 Å². The number of rotatable bonds is 11. The van der Waals surface area contributed by atoms with Gasteiger partial charge >= 0.3 is 0 Å². The molecule has 0 bridgehead atoms. The fourth-order valence-electron chi connectivity index (χ4n) is 8.05. The molecular formula is C28H50. The third kappa shape index (κ3) is 6.25. The Hall–Kier alpha value is 0. The molecular weight excluding hydrogens is 336 g/mol.